The molecule has 1 amide bonds. The van der Waals surface area contributed by atoms with E-state index < -0.39 is 17.3 Å². The molecule has 2 N–H and O–H groups in total. The summed E-state index contributed by atoms with van der Waals surface area (Å²) in [6.45, 7) is 6.42. The van der Waals surface area contributed by atoms with Gasteiger partial charge in [-0.25, -0.2) is 9.78 Å². The lowest BCUT2D eigenvalue weighted by molar-refractivity contribution is -0.137. The Hall–Kier alpha value is -3.04. The van der Waals surface area contributed by atoms with Crippen molar-refractivity contribution >= 4 is 23.5 Å². The fraction of sp³-hybridized carbons (Fsp3) is 0.500. The SMILES string of the molecule is CC(C)(C)OC(=O)N1CCc2ccc(Nc3ncc(C(F)(F)F)c(NC4CC4)n3)cc2C1. The molecule has 1 aromatic carbocycles. The van der Waals surface area contributed by atoms with Gasteiger partial charge in [-0.05, 0) is 63.3 Å². The number of halogens is 3. The molecule has 1 saturated carbocycles. The van der Waals surface area contributed by atoms with Crippen molar-refractivity contribution in [1.82, 2.24) is 14.9 Å². The van der Waals surface area contributed by atoms with Crippen molar-refractivity contribution < 1.29 is 22.7 Å². The molecule has 4 rings (SSSR count). The van der Waals surface area contributed by atoms with Crippen molar-refractivity contribution in [2.75, 3.05) is 17.2 Å². The number of anilines is 3. The Balaban J connectivity index is 1.51. The number of aromatic nitrogens is 2. The lowest BCUT2D eigenvalue weighted by Crippen LogP contribution is -2.39. The van der Waals surface area contributed by atoms with E-state index in [2.05, 4.69) is 20.6 Å². The lowest BCUT2D eigenvalue weighted by Gasteiger charge is -2.31. The number of hydrogen-bond donors (Lipinski definition) is 2. The monoisotopic (exact) mass is 449 g/mol. The summed E-state index contributed by atoms with van der Waals surface area (Å²) < 4.78 is 45.3. The largest absolute Gasteiger partial charge is 0.444 e. The molecule has 0 atom stereocenters. The van der Waals surface area contributed by atoms with E-state index in [1.807, 2.05) is 39.0 Å². The van der Waals surface area contributed by atoms with E-state index in [0.29, 0.717) is 25.2 Å². The summed E-state index contributed by atoms with van der Waals surface area (Å²) in [5, 5.41) is 5.82. The van der Waals surface area contributed by atoms with E-state index in [0.717, 1.165) is 30.2 Å². The molecule has 2 aromatic rings. The van der Waals surface area contributed by atoms with E-state index >= 15 is 0 Å². The normalized spacial score (nSPS) is 16.4. The van der Waals surface area contributed by atoms with Crippen LogP contribution in [0.2, 0.25) is 0 Å². The molecule has 10 heteroatoms. The van der Waals surface area contributed by atoms with Gasteiger partial charge in [0.25, 0.3) is 0 Å². The second-order valence-corrected chi connectivity index (χ2v) is 9.13. The first-order valence-electron chi connectivity index (χ1n) is 10.6. The van der Waals surface area contributed by atoms with Gasteiger partial charge in [0.15, 0.2) is 0 Å². The molecule has 2 aliphatic rings. The number of rotatable bonds is 4. The molecule has 32 heavy (non-hydrogen) atoms. The molecule has 1 fully saturated rings. The Morgan fingerprint density at radius 3 is 2.59 bits per heavy atom. The van der Waals surface area contributed by atoms with Crippen LogP contribution in [-0.2, 0) is 23.9 Å². The molecule has 1 aliphatic carbocycles. The van der Waals surface area contributed by atoms with E-state index in [1.54, 1.807) is 4.90 Å². The molecule has 1 aliphatic heterocycles. The molecular weight excluding hydrogens is 423 g/mol. The van der Waals surface area contributed by atoms with Gasteiger partial charge in [-0.3, -0.25) is 0 Å². The predicted octanol–water partition coefficient (Wildman–Crippen LogP) is 5.11. The summed E-state index contributed by atoms with van der Waals surface area (Å²) in [5.41, 5.74) is 1.22. The number of fused-ring (bicyclic) bond motifs is 1. The topological polar surface area (TPSA) is 79.4 Å². The fourth-order valence-electron chi connectivity index (χ4n) is 3.43. The summed E-state index contributed by atoms with van der Waals surface area (Å²) in [6.07, 6.45) is -1.77. The van der Waals surface area contributed by atoms with Crippen molar-refractivity contribution in [2.24, 2.45) is 0 Å². The molecule has 0 bridgehead atoms. The van der Waals surface area contributed by atoms with Gasteiger partial charge in [0.2, 0.25) is 5.95 Å². The first-order chi connectivity index (χ1) is 15.0. The van der Waals surface area contributed by atoms with Gasteiger partial charge in [0, 0.05) is 31.0 Å². The molecule has 1 aromatic heterocycles. The van der Waals surface area contributed by atoms with E-state index in [-0.39, 0.29) is 23.9 Å². The molecule has 172 valence electrons. The van der Waals surface area contributed by atoms with Crippen LogP contribution in [0.15, 0.2) is 24.4 Å². The van der Waals surface area contributed by atoms with Gasteiger partial charge in [-0.2, -0.15) is 18.2 Å². The smallest absolute Gasteiger partial charge is 0.421 e. The minimum atomic E-state index is -4.54. The van der Waals surface area contributed by atoms with E-state index in [9.17, 15) is 18.0 Å². The number of alkyl halides is 3. The van der Waals surface area contributed by atoms with Gasteiger partial charge in [0.05, 0.1) is 0 Å². The summed E-state index contributed by atoms with van der Waals surface area (Å²) in [4.78, 5) is 22.0. The lowest BCUT2D eigenvalue weighted by atomic mass is 9.99. The standard InChI is InChI=1S/C22H26F3N5O2/c1-21(2,3)32-20(31)30-9-8-13-4-5-16(10-14(13)12-30)28-19-26-11-17(22(23,24)25)18(29-19)27-15-6-7-15/h4-5,10-11,15H,6-9,12H2,1-3H3,(H2,26,27,28,29). The van der Waals surface area contributed by atoms with Crippen molar-refractivity contribution in [3.63, 3.8) is 0 Å². The van der Waals surface area contributed by atoms with E-state index in [4.69, 9.17) is 4.74 Å². The Labute approximate surface area is 184 Å². The molecular formula is C22H26F3N5O2. The van der Waals surface area contributed by atoms with Crippen molar-refractivity contribution in [2.45, 2.75) is 64.4 Å². The van der Waals surface area contributed by atoms with Gasteiger partial charge >= 0.3 is 12.3 Å². The second kappa shape index (κ2) is 8.14. The Morgan fingerprint density at radius 1 is 1.19 bits per heavy atom. The molecule has 2 heterocycles. The third-order valence-electron chi connectivity index (χ3n) is 5.14. The summed E-state index contributed by atoms with van der Waals surface area (Å²) >= 11 is 0. The first-order valence-corrected chi connectivity index (χ1v) is 10.6. The molecule has 0 spiro atoms. The number of carbonyl (C=O) groups excluding carboxylic acids is 1. The van der Waals surface area contributed by atoms with Crippen molar-refractivity contribution in [3.05, 3.63) is 41.1 Å². The van der Waals surface area contributed by atoms with Gasteiger partial charge in [0.1, 0.15) is 17.0 Å². The molecule has 0 unspecified atom stereocenters. The number of amides is 1. The third-order valence-corrected chi connectivity index (χ3v) is 5.14. The van der Waals surface area contributed by atoms with E-state index in [1.165, 1.54) is 0 Å². The van der Waals surface area contributed by atoms with Crippen LogP contribution in [0.25, 0.3) is 0 Å². The quantitative estimate of drug-likeness (QED) is 0.676. The zero-order valence-electron chi connectivity index (χ0n) is 18.2. The Bertz CT molecular complexity index is 1020. The average molecular weight is 449 g/mol. The number of hydrogen-bond acceptors (Lipinski definition) is 6. The molecule has 0 radical (unpaired) electrons. The number of carbonyl (C=O) groups is 1. The molecule has 7 nitrogen and oxygen atoms in total. The highest BCUT2D eigenvalue weighted by molar-refractivity contribution is 5.69. The number of nitrogens with zero attached hydrogens (tertiary/aromatic N) is 3. The molecule has 0 saturated heterocycles. The van der Waals surface area contributed by atoms with Crippen LogP contribution in [0.5, 0.6) is 0 Å². The second-order valence-electron chi connectivity index (χ2n) is 9.13. The predicted molar refractivity (Wildman–Crippen MR) is 114 cm³/mol. The average Bonchev–Trinajstić information content (AvgIpc) is 3.49. The van der Waals surface area contributed by atoms with Gasteiger partial charge in [-0.1, -0.05) is 6.07 Å². The highest BCUT2D eigenvalue weighted by atomic mass is 19.4. The maximum absolute atomic E-state index is 13.3. The van der Waals surface area contributed by atoms with Crippen LogP contribution in [0, 0.1) is 0 Å². The Morgan fingerprint density at radius 2 is 1.94 bits per heavy atom. The Kier molecular flexibility index (Phi) is 5.64. The third kappa shape index (κ3) is 5.41. The maximum atomic E-state index is 13.3. The van der Waals surface area contributed by atoms with Crippen LogP contribution in [0.3, 0.4) is 0 Å². The van der Waals surface area contributed by atoms with Crippen LogP contribution in [0.1, 0.15) is 50.3 Å². The minimum absolute atomic E-state index is 0.0152. The maximum Gasteiger partial charge on any atom is 0.421 e. The zero-order chi connectivity index (χ0) is 23.1. The van der Waals surface area contributed by atoms with Gasteiger partial charge < -0.3 is 20.3 Å². The van der Waals surface area contributed by atoms with Crippen LogP contribution < -0.4 is 10.6 Å². The minimum Gasteiger partial charge on any atom is -0.444 e. The highest BCUT2D eigenvalue weighted by Crippen LogP contribution is 2.36. The number of nitrogens with one attached hydrogen (secondary N) is 2. The van der Waals surface area contributed by atoms with Gasteiger partial charge in [-0.15, -0.1) is 0 Å². The number of benzene rings is 1. The van der Waals surface area contributed by atoms with Crippen LogP contribution in [-0.4, -0.2) is 39.1 Å². The number of ether oxygens (including phenoxy) is 1. The van der Waals surface area contributed by atoms with Crippen LogP contribution >= 0.6 is 0 Å². The summed E-state index contributed by atoms with van der Waals surface area (Å²) in [7, 11) is 0. The fourth-order valence-corrected chi connectivity index (χ4v) is 3.43. The highest BCUT2D eigenvalue weighted by Gasteiger charge is 2.37. The summed E-state index contributed by atoms with van der Waals surface area (Å²) in [6, 6.07) is 5.65. The first kappa shape index (κ1) is 22.2. The van der Waals surface area contributed by atoms with Crippen molar-refractivity contribution in [1.29, 1.82) is 0 Å². The zero-order valence-corrected chi connectivity index (χ0v) is 18.2. The summed E-state index contributed by atoms with van der Waals surface area (Å²) in [5.74, 6) is -0.146. The van der Waals surface area contributed by atoms with Crippen LogP contribution in [0.4, 0.5) is 35.4 Å². The van der Waals surface area contributed by atoms with Crippen molar-refractivity contribution in [3.8, 4) is 0 Å².